The number of carbonyl (C=O) groups is 3. The average Bonchev–Trinajstić information content (AvgIpc) is 3.02. The Morgan fingerprint density at radius 2 is 1.05 bits per heavy atom. The summed E-state index contributed by atoms with van der Waals surface area (Å²) in [6.45, 7) is 10.5. The summed E-state index contributed by atoms with van der Waals surface area (Å²) in [4.78, 5) is 40.2. The summed E-state index contributed by atoms with van der Waals surface area (Å²) in [5.74, 6) is -2.05. The molecule has 1 aliphatic heterocycles. The molecular formula is C34H40O9Si. The first-order valence-corrected chi connectivity index (χ1v) is 17.4. The fourth-order valence-corrected chi connectivity index (χ4v) is 5.42. The molecular weight excluding hydrogens is 580 g/mol. The van der Waals surface area contributed by atoms with Gasteiger partial charge in [0.2, 0.25) is 0 Å². The Labute approximate surface area is 259 Å². The maximum atomic E-state index is 13.5. The molecule has 0 N–H and O–H groups in total. The van der Waals surface area contributed by atoms with Crippen LogP contribution < -0.4 is 0 Å². The van der Waals surface area contributed by atoms with E-state index in [0.29, 0.717) is 0 Å². The molecule has 0 saturated carbocycles. The Morgan fingerprint density at radius 3 is 1.43 bits per heavy atom. The standard InChI is InChI=1S/C34H40O9Si/c1-34(2,3)44(5,6)39-22-26-27(41-30(35)23-16-10-7-11-17-23)28(42-31(36)24-18-12-8-13-19-24)29(33(38-4)40-26)43-32(37)25-20-14-9-15-21-25/h7-21,26-29,33H,22H2,1-6H3/t26-,27+,28+,29-,33+/m1/s1. The Morgan fingerprint density at radius 1 is 0.659 bits per heavy atom. The number of benzene rings is 3. The SMILES string of the molecule is CO[C@H]1O[C@H](CO[Si](C)(C)C(C)(C)C)[C@H](OC(=O)c2ccccc2)[C@H](OC(=O)c2ccccc2)[C@H]1OC(=O)c1ccccc1. The van der Waals surface area contributed by atoms with Crippen molar-refractivity contribution < 1.29 is 42.5 Å². The van der Waals surface area contributed by atoms with E-state index >= 15 is 0 Å². The molecule has 0 radical (unpaired) electrons. The van der Waals surface area contributed by atoms with E-state index in [9.17, 15) is 14.4 Å². The number of esters is 3. The molecule has 5 atom stereocenters. The summed E-state index contributed by atoms with van der Waals surface area (Å²) in [5.41, 5.74) is 0.830. The molecule has 0 aliphatic carbocycles. The van der Waals surface area contributed by atoms with Gasteiger partial charge in [0.05, 0.1) is 23.3 Å². The van der Waals surface area contributed by atoms with Crippen molar-refractivity contribution in [1.29, 1.82) is 0 Å². The quantitative estimate of drug-likeness (QED) is 0.152. The first-order chi connectivity index (χ1) is 20.9. The van der Waals surface area contributed by atoms with Crippen molar-refractivity contribution >= 4 is 26.2 Å². The Balaban J connectivity index is 1.74. The van der Waals surface area contributed by atoms with Crippen LogP contribution in [0, 0.1) is 0 Å². The third-order valence-electron chi connectivity index (χ3n) is 8.00. The van der Waals surface area contributed by atoms with Crippen LogP contribution in [0.4, 0.5) is 0 Å². The van der Waals surface area contributed by atoms with Gasteiger partial charge in [-0.1, -0.05) is 75.4 Å². The fourth-order valence-electron chi connectivity index (χ4n) is 4.41. The van der Waals surface area contributed by atoms with Gasteiger partial charge >= 0.3 is 17.9 Å². The second kappa shape index (κ2) is 14.3. The molecule has 1 heterocycles. The molecule has 234 valence electrons. The first-order valence-electron chi connectivity index (χ1n) is 14.5. The number of rotatable bonds is 10. The van der Waals surface area contributed by atoms with Gasteiger partial charge in [0, 0.05) is 7.11 Å². The van der Waals surface area contributed by atoms with Crippen LogP contribution in [0.2, 0.25) is 18.1 Å². The first kappa shape index (κ1) is 33.1. The molecule has 0 unspecified atom stereocenters. The van der Waals surface area contributed by atoms with E-state index in [-0.39, 0.29) is 28.3 Å². The molecule has 10 heteroatoms. The summed E-state index contributed by atoms with van der Waals surface area (Å²) in [5, 5.41) is -0.120. The van der Waals surface area contributed by atoms with Crippen molar-refractivity contribution in [1.82, 2.24) is 0 Å². The van der Waals surface area contributed by atoms with Crippen LogP contribution in [0.5, 0.6) is 0 Å². The molecule has 1 fully saturated rings. The Bertz CT molecular complexity index is 1390. The molecule has 1 saturated heterocycles. The molecule has 44 heavy (non-hydrogen) atoms. The third-order valence-corrected chi connectivity index (χ3v) is 12.5. The fraction of sp³-hybridized carbons (Fsp3) is 0.382. The van der Waals surface area contributed by atoms with Gasteiger partial charge in [0.1, 0.15) is 6.10 Å². The van der Waals surface area contributed by atoms with Crippen LogP contribution >= 0.6 is 0 Å². The van der Waals surface area contributed by atoms with Gasteiger partial charge in [-0.2, -0.15) is 0 Å². The lowest BCUT2D eigenvalue weighted by Gasteiger charge is -2.45. The zero-order valence-corrected chi connectivity index (χ0v) is 26.9. The summed E-state index contributed by atoms with van der Waals surface area (Å²) < 4.78 is 36.4. The zero-order valence-electron chi connectivity index (χ0n) is 25.9. The van der Waals surface area contributed by atoms with Crippen molar-refractivity contribution in [3.8, 4) is 0 Å². The van der Waals surface area contributed by atoms with Crippen LogP contribution in [0.15, 0.2) is 91.0 Å². The van der Waals surface area contributed by atoms with E-state index in [4.69, 9.17) is 28.1 Å². The predicted octanol–water partition coefficient (Wildman–Crippen LogP) is 6.06. The molecule has 3 aromatic carbocycles. The maximum absolute atomic E-state index is 13.5. The Hall–Kier alpha value is -3.83. The predicted molar refractivity (Wildman–Crippen MR) is 166 cm³/mol. The molecule has 0 bridgehead atoms. The van der Waals surface area contributed by atoms with Crippen molar-refractivity contribution in [3.63, 3.8) is 0 Å². The molecule has 4 rings (SSSR count). The lowest BCUT2D eigenvalue weighted by Crippen LogP contribution is -2.63. The van der Waals surface area contributed by atoms with E-state index in [2.05, 4.69) is 33.9 Å². The topological polar surface area (TPSA) is 107 Å². The molecule has 0 amide bonds. The monoisotopic (exact) mass is 620 g/mol. The molecule has 0 aromatic heterocycles. The summed E-state index contributed by atoms with van der Waals surface area (Å²) in [6.07, 6.45) is -5.93. The van der Waals surface area contributed by atoms with Crippen LogP contribution in [-0.2, 0) is 28.1 Å². The second-order valence-corrected chi connectivity index (χ2v) is 16.9. The largest absolute Gasteiger partial charge is 0.452 e. The normalized spacial score (nSPS) is 22.1. The lowest BCUT2D eigenvalue weighted by molar-refractivity contribution is -0.291. The number of hydrogen-bond donors (Lipinski definition) is 0. The van der Waals surface area contributed by atoms with Crippen LogP contribution in [0.3, 0.4) is 0 Å². The molecule has 1 aliphatic rings. The van der Waals surface area contributed by atoms with Gasteiger partial charge in [0.15, 0.2) is 32.9 Å². The highest BCUT2D eigenvalue weighted by molar-refractivity contribution is 6.74. The van der Waals surface area contributed by atoms with Gasteiger partial charge in [-0.05, 0) is 54.5 Å². The molecule has 0 spiro atoms. The lowest BCUT2D eigenvalue weighted by atomic mass is 9.97. The highest BCUT2D eigenvalue weighted by Crippen LogP contribution is 2.38. The zero-order chi connectivity index (χ0) is 31.9. The van der Waals surface area contributed by atoms with Crippen LogP contribution in [0.1, 0.15) is 51.8 Å². The maximum Gasteiger partial charge on any atom is 0.338 e. The van der Waals surface area contributed by atoms with E-state index < -0.39 is 56.9 Å². The van der Waals surface area contributed by atoms with Crippen molar-refractivity contribution in [2.75, 3.05) is 13.7 Å². The smallest absolute Gasteiger partial charge is 0.338 e. The minimum Gasteiger partial charge on any atom is -0.452 e. The highest BCUT2D eigenvalue weighted by Gasteiger charge is 2.53. The van der Waals surface area contributed by atoms with Crippen molar-refractivity contribution in [2.45, 2.75) is 69.6 Å². The summed E-state index contributed by atoms with van der Waals surface area (Å²) >= 11 is 0. The molecule has 9 nitrogen and oxygen atoms in total. The third kappa shape index (κ3) is 8.00. The van der Waals surface area contributed by atoms with Gasteiger partial charge in [-0.15, -0.1) is 0 Å². The highest BCUT2D eigenvalue weighted by atomic mass is 28.4. The van der Waals surface area contributed by atoms with Crippen molar-refractivity contribution in [2.24, 2.45) is 0 Å². The van der Waals surface area contributed by atoms with Crippen molar-refractivity contribution in [3.05, 3.63) is 108 Å². The van der Waals surface area contributed by atoms with Crippen LogP contribution in [-0.4, -0.2) is 70.6 Å². The van der Waals surface area contributed by atoms with E-state index in [1.807, 2.05) is 0 Å². The summed E-state index contributed by atoms with van der Waals surface area (Å²) in [6, 6.07) is 25.2. The molecule has 3 aromatic rings. The van der Waals surface area contributed by atoms with Gasteiger partial charge < -0.3 is 28.1 Å². The average molecular weight is 621 g/mol. The number of carbonyl (C=O) groups excluding carboxylic acids is 3. The van der Waals surface area contributed by atoms with E-state index in [1.165, 1.54) is 7.11 Å². The van der Waals surface area contributed by atoms with Crippen LogP contribution in [0.25, 0.3) is 0 Å². The minimum absolute atomic E-state index is 0.0157. The van der Waals surface area contributed by atoms with Gasteiger partial charge in [-0.25, -0.2) is 14.4 Å². The van der Waals surface area contributed by atoms with E-state index in [1.54, 1.807) is 91.0 Å². The Kier molecular flexibility index (Phi) is 10.7. The minimum atomic E-state index is -2.30. The van der Waals surface area contributed by atoms with Gasteiger partial charge in [-0.3, -0.25) is 0 Å². The van der Waals surface area contributed by atoms with E-state index in [0.717, 1.165) is 0 Å². The van der Waals surface area contributed by atoms with Gasteiger partial charge in [0.25, 0.3) is 0 Å². The number of methoxy groups -OCH3 is 1. The summed E-state index contributed by atoms with van der Waals surface area (Å²) in [7, 11) is -0.908. The second-order valence-electron chi connectivity index (χ2n) is 12.1. The number of ether oxygens (including phenoxy) is 5. The number of hydrogen-bond acceptors (Lipinski definition) is 9.